The third kappa shape index (κ3) is 2.76. The molecular weight excluding hydrogens is 240 g/mol. The normalized spacial score (nSPS) is 23.4. The number of hydrogen-bond donors (Lipinski definition) is 3. The van der Waals surface area contributed by atoms with E-state index >= 15 is 0 Å². The summed E-state index contributed by atoms with van der Waals surface area (Å²) in [5.41, 5.74) is 8.07. The van der Waals surface area contributed by atoms with Crippen molar-refractivity contribution in [2.45, 2.75) is 37.8 Å². The quantitative estimate of drug-likeness (QED) is 0.717. The third-order valence-corrected chi connectivity index (χ3v) is 3.62. The van der Waals surface area contributed by atoms with Gasteiger partial charge in [0.2, 0.25) is 0 Å². The Morgan fingerprint density at radius 1 is 1.16 bits per heavy atom. The highest BCUT2D eigenvalue weighted by atomic mass is 16.3. The predicted octanol–water partition coefficient (Wildman–Crippen LogP) is 1.93. The van der Waals surface area contributed by atoms with E-state index < -0.39 is 0 Å². The molecule has 0 bridgehead atoms. The summed E-state index contributed by atoms with van der Waals surface area (Å²) in [6.07, 6.45) is 5.27. The van der Waals surface area contributed by atoms with Gasteiger partial charge in [0.1, 0.15) is 5.82 Å². The minimum atomic E-state index is -0.135. The number of anilines is 2. The molecule has 1 fully saturated rings. The average Bonchev–Trinajstić information content (AvgIpc) is 2.42. The molecule has 1 aromatic heterocycles. The molecule has 0 saturated heterocycles. The van der Waals surface area contributed by atoms with Crippen molar-refractivity contribution in [1.29, 1.82) is 0 Å². The molecule has 0 amide bonds. The molecule has 2 aromatic rings. The van der Waals surface area contributed by atoms with Crippen LogP contribution in [0.2, 0.25) is 0 Å². The predicted molar refractivity (Wildman–Crippen MR) is 75.8 cm³/mol. The van der Waals surface area contributed by atoms with E-state index in [0.29, 0.717) is 11.7 Å². The van der Waals surface area contributed by atoms with Crippen molar-refractivity contribution in [3.05, 3.63) is 24.4 Å². The summed E-state index contributed by atoms with van der Waals surface area (Å²) in [4.78, 5) is 8.91. The summed E-state index contributed by atoms with van der Waals surface area (Å²) in [6.45, 7) is 0. The molecule has 1 aliphatic rings. The van der Waals surface area contributed by atoms with Gasteiger partial charge < -0.3 is 16.2 Å². The first-order chi connectivity index (χ1) is 9.20. The van der Waals surface area contributed by atoms with E-state index in [9.17, 15) is 5.11 Å². The molecule has 0 spiro atoms. The van der Waals surface area contributed by atoms with E-state index in [0.717, 1.165) is 42.5 Å². The van der Waals surface area contributed by atoms with E-state index in [1.807, 2.05) is 18.2 Å². The van der Waals surface area contributed by atoms with Crippen molar-refractivity contribution in [3.63, 3.8) is 0 Å². The molecule has 1 aliphatic carbocycles. The van der Waals surface area contributed by atoms with Crippen LogP contribution < -0.4 is 11.1 Å². The second-order valence-electron chi connectivity index (χ2n) is 5.15. The van der Waals surface area contributed by atoms with E-state index in [4.69, 9.17) is 5.73 Å². The standard InChI is InChI=1S/C14H18N4O/c15-9-1-6-12-13(7-9)16-8-14(18-12)17-10-2-4-11(19)5-3-10/h1,6-8,10-11,19H,2-5,15H2,(H,17,18). The fourth-order valence-corrected chi connectivity index (χ4v) is 2.53. The van der Waals surface area contributed by atoms with E-state index in [1.165, 1.54) is 0 Å². The van der Waals surface area contributed by atoms with Crippen LogP contribution in [0.25, 0.3) is 11.0 Å². The van der Waals surface area contributed by atoms with Crippen LogP contribution in [0, 0.1) is 0 Å². The molecule has 19 heavy (non-hydrogen) atoms. The highest BCUT2D eigenvalue weighted by Gasteiger charge is 2.19. The van der Waals surface area contributed by atoms with Gasteiger partial charge in [0.05, 0.1) is 23.3 Å². The van der Waals surface area contributed by atoms with Gasteiger partial charge in [-0.05, 0) is 43.9 Å². The molecule has 1 saturated carbocycles. The number of fused-ring (bicyclic) bond motifs is 1. The zero-order chi connectivity index (χ0) is 13.2. The summed E-state index contributed by atoms with van der Waals surface area (Å²) in [6, 6.07) is 5.91. The number of nitrogens with two attached hydrogens (primary N) is 1. The monoisotopic (exact) mass is 258 g/mol. The van der Waals surface area contributed by atoms with Crippen molar-refractivity contribution < 1.29 is 5.11 Å². The lowest BCUT2D eigenvalue weighted by atomic mass is 9.93. The van der Waals surface area contributed by atoms with Crippen molar-refractivity contribution in [3.8, 4) is 0 Å². The summed E-state index contributed by atoms with van der Waals surface area (Å²) in [5, 5.41) is 12.9. The van der Waals surface area contributed by atoms with Gasteiger partial charge in [-0.15, -0.1) is 0 Å². The molecule has 0 radical (unpaired) electrons. The molecule has 1 aromatic carbocycles. The number of benzene rings is 1. The largest absolute Gasteiger partial charge is 0.399 e. The smallest absolute Gasteiger partial charge is 0.145 e. The maximum atomic E-state index is 9.49. The second-order valence-corrected chi connectivity index (χ2v) is 5.15. The Hall–Kier alpha value is -1.88. The van der Waals surface area contributed by atoms with Gasteiger partial charge >= 0.3 is 0 Å². The van der Waals surface area contributed by atoms with Crippen LogP contribution >= 0.6 is 0 Å². The molecular formula is C14H18N4O. The Kier molecular flexibility index (Phi) is 3.21. The number of hydrogen-bond acceptors (Lipinski definition) is 5. The van der Waals surface area contributed by atoms with Gasteiger partial charge in [0.25, 0.3) is 0 Å². The van der Waals surface area contributed by atoms with Gasteiger partial charge in [0.15, 0.2) is 0 Å². The zero-order valence-corrected chi connectivity index (χ0v) is 10.7. The first-order valence-corrected chi connectivity index (χ1v) is 6.67. The molecule has 0 unspecified atom stereocenters. The van der Waals surface area contributed by atoms with Crippen molar-refractivity contribution in [2.75, 3.05) is 11.1 Å². The van der Waals surface area contributed by atoms with Crippen molar-refractivity contribution in [2.24, 2.45) is 0 Å². The van der Waals surface area contributed by atoms with Gasteiger partial charge in [-0.3, -0.25) is 4.98 Å². The number of aliphatic hydroxyl groups is 1. The molecule has 4 N–H and O–H groups in total. The molecule has 1 heterocycles. The van der Waals surface area contributed by atoms with Crippen LogP contribution in [-0.2, 0) is 0 Å². The van der Waals surface area contributed by atoms with Crippen molar-refractivity contribution >= 4 is 22.5 Å². The van der Waals surface area contributed by atoms with Gasteiger partial charge in [-0.25, -0.2) is 4.98 Å². The lowest BCUT2D eigenvalue weighted by molar-refractivity contribution is 0.126. The maximum absolute atomic E-state index is 9.49. The fraction of sp³-hybridized carbons (Fsp3) is 0.429. The Morgan fingerprint density at radius 2 is 1.95 bits per heavy atom. The maximum Gasteiger partial charge on any atom is 0.145 e. The Balaban J connectivity index is 1.76. The first-order valence-electron chi connectivity index (χ1n) is 6.67. The fourth-order valence-electron chi connectivity index (χ4n) is 2.53. The summed E-state index contributed by atoms with van der Waals surface area (Å²) in [5.74, 6) is 0.790. The minimum absolute atomic E-state index is 0.135. The molecule has 0 atom stereocenters. The van der Waals surface area contributed by atoms with Crippen LogP contribution in [0.1, 0.15) is 25.7 Å². The summed E-state index contributed by atoms with van der Waals surface area (Å²) < 4.78 is 0. The Morgan fingerprint density at radius 3 is 2.74 bits per heavy atom. The number of aliphatic hydroxyl groups excluding tert-OH is 1. The number of nitrogens with one attached hydrogen (secondary N) is 1. The number of rotatable bonds is 2. The molecule has 5 nitrogen and oxygen atoms in total. The SMILES string of the molecule is Nc1ccc2nc(NC3CCC(O)CC3)cnc2c1. The molecule has 3 rings (SSSR count). The van der Waals surface area contributed by atoms with Crippen LogP contribution in [0.4, 0.5) is 11.5 Å². The summed E-state index contributed by atoms with van der Waals surface area (Å²) >= 11 is 0. The highest BCUT2D eigenvalue weighted by molar-refractivity contribution is 5.79. The number of aromatic nitrogens is 2. The van der Waals surface area contributed by atoms with E-state index in [-0.39, 0.29) is 6.10 Å². The Bertz CT molecular complexity index is 579. The van der Waals surface area contributed by atoms with Gasteiger partial charge in [-0.1, -0.05) is 0 Å². The third-order valence-electron chi connectivity index (χ3n) is 3.62. The summed E-state index contributed by atoms with van der Waals surface area (Å²) in [7, 11) is 0. The van der Waals surface area contributed by atoms with Crippen LogP contribution in [-0.4, -0.2) is 27.2 Å². The van der Waals surface area contributed by atoms with Crippen molar-refractivity contribution in [1.82, 2.24) is 9.97 Å². The van der Waals surface area contributed by atoms with E-state index in [1.54, 1.807) is 6.20 Å². The lowest BCUT2D eigenvalue weighted by Gasteiger charge is -2.26. The van der Waals surface area contributed by atoms with Crippen LogP contribution in [0.15, 0.2) is 24.4 Å². The first kappa shape index (κ1) is 12.2. The Labute approximate surface area is 111 Å². The topological polar surface area (TPSA) is 84.1 Å². The zero-order valence-electron chi connectivity index (χ0n) is 10.7. The van der Waals surface area contributed by atoms with E-state index in [2.05, 4.69) is 15.3 Å². The lowest BCUT2D eigenvalue weighted by Crippen LogP contribution is -2.28. The average molecular weight is 258 g/mol. The van der Waals surface area contributed by atoms with Crippen LogP contribution in [0.5, 0.6) is 0 Å². The minimum Gasteiger partial charge on any atom is -0.399 e. The van der Waals surface area contributed by atoms with Crippen LogP contribution in [0.3, 0.4) is 0 Å². The number of nitrogens with zero attached hydrogens (tertiary/aromatic N) is 2. The van der Waals surface area contributed by atoms with Gasteiger partial charge in [0, 0.05) is 11.7 Å². The molecule has 5 heteroatoms. The second kappa shape index (κ2) is 5.01. The number of nitrogen functional groups attached to an aromatic ring is 1. The molecule has 100 valence electrons. The molecule has 0 aliphatic heterocycles. The van der Waals surface area contributed by atoms with Gasteiger partial charge in [-0.2, -0.15) is 0 Å². The highest BCUT2D eigenvalue weighted by Crippen LogP contribution is 2.22.